The maximum atomic E-state index is 12.2. The molecule has 1 amide bonds. The molecule has 1 aliphatic heterocycles. The third kappa shape index (κ3) is 2.60. The van der Waals surface area contributed by atoms with Gasteiger partial charge in [0, 0.05) is 39.3 Å². The minimum absolute atomic E-state index is 0.271. The molecule has 2 heterocycles. The first-order chi connectivity index (χ1) is 8.94. The zero-order valence-corrected chi connectivity index (χ0v) is 11.0. The van der Waals surface area contributed by atoms with Crippen LogP contribution in [0.25, 0.3) is 0 Å². The van der Waals surface area contributed by atoms with E-state index in [9.17, 15) is 14.7 Å². The van der Waals surface area contributed by atoms with E-state index in [0.29, 0.717) is 24.5 Å². The van der Waals surface area contributed by atoms with Crippen molar-refractivity contribution in [1.29, 1.82) is 0 Å². The molecule has 0 aliphatic carbocycles. The molecule has 1 saturated heterocycles. The molecule has 7 heteroatoms. The Morgan fingerprint density at radius 1 is 1.47 bits per heavy atom. The number of rotatable bonds is 3. The molecule has 1 aliphatic rings. The highest BCUT2D eigenvalue weighted by Gasteiger charge is 2.42. The molecular weight excluding hydrogens is 250 g/mol. The van der Waals surface area contributed by atoms with Gasteiger partial charge in [0.15, 0.2) is 0 Å². The number of nitrogens with zero attached hydrogens (tertiary/aromatic N) is 2. The molecule has 0 radical (unpaired) electrons. The average Bonchev–Trinajstić information content (AvgIpc) is 2.69. The van der Waals surface area contributed by atoms with Crippen LogP contribution in [0.2, 0.25) is 0 Å². The minimum atomic E-state index is -1.24. The van der Waals surface area contributed by atoms with Crippen LogP contribution in [0.4, 0.5) is 0 Å². The lowest BCUT2D eigenvalue weighted by Crippen LogP contribution is -2.57. The van der Waals surface area contributed by atoms with E-state index in [1.54, 1.807) is 20.2 Å². The second kappa shape index (κ2) is 5.00. The fourth-order valence-corrected chi connectivity index (χ4v) is 2.22. The Bertz CT molecular complexity index is 503. The minimum Gasteiger partial charge on any atom is -0.480 e. The van der Waals surface area contributed by atoms with Gasteiger partial charge in [-0.3, -0.25) is 9.48 Å². The van der Waals surface area contributed by atoms with Gasteiger partial charge in [0.2, 0.25) is 0 Å². The fourth-order valence-electron chi connectivity index (χ4n) is 2.22. The first kappa shape index (κ1) is 13.5. The van der Waals surface area contributed by atoms with Crippen molar-refractivity contribution in [3.63, 3.8) is 0 Å². The van der Waals surface area contributed by atoms with E-state index in [1.807, 2.05) is 0 Å². The zero-order chi connectivity index (χ0) is 14.0. The van der Waals surface area contributed by atoms with Crippen molar-refractivity contribution in [3.05, 3.63) is 17.5 Å². The summed E-state index contributed by atoms with van der Waals surface area (Å²) in [5, 5.41) is 16.1. The van der Waals surface area contributed by atoms with E-state index in [-0.39, 0.29) is 12.8 Å². The molecule has 2 rings (SSSR count). The lowest BCUT2D eigenvalue weighted by Gasteiger charge is -2.33. The second-order valence-corrected chi connectivity index (χ2v) is 4.76. The molecule has 0 spiro atoms. The largest absolute Gasteiger partial charge is 0.480 e. The third-order valence-corrected chi connectivity index (χ3v) is 3.37. The number of ether oxygens (including phenoxy) is 1. The monoisotopic (exact) mass is 267 g/mol. The van der Waals surface area contributed by atoms with Crippen molar-refractivity contribution in [1.82, 2.24) is 15.1 Å². The summed E-state index contributed by atoms with van der Waals surface area (Å²) in [6.45, 7) is 2.38. The second-order valence-electron chi connectivity index (χ2n) is 4.76. The van der Waals surface area contributed by atoms with Crippen LogP contribution >= 0.6 is 0 Å². The first-order valence-corrected chi connectivity index (χ1v) is 6.08. The van der Waals surface area contributed by atoms with Gasteiger partial charge in [-0.05, 0) is 6.92 Å². The molecule has 0 aromatic carbocycles. The lowest BCUT2D eigenvalue weighted by molar-refractivity contribution is -0.148. The van der Waals surface area contributed by atoms with Crippen LogP contribution < -0.4 is 5.32 Å². The van der Waals surface area contributed by atoms with Crippen LogP contribution in [-0.2, 0) is 16.6 Å². The molecule has 1 aromatic rings. The standard InChI is InChI=1S/C12H17N3O4/c1-8-9(7-15(2)14-8)10(16)13-12(11(17)18)3-5-19-6-4-12/h7H,3-6H2,1-2H3,(H,13,16)(H,17,18). The van der Waals surface area contributed by atoms with Gasteiger partial charge in [0.1, 0.15) is 5.54 Å². The number of hydrogen-bond acceptors (Lipinski definition) is 4. The normalized spacial score (nSPS) is 18.0. The summed E-state index contributed by atoms with van der Waals surface area (Å²) in [6.07, 6.45) is 2.13. The molecule has 1 fully saturated rings. The van der Waals surface area contributed by atoms with Crippen molar-refractivity contribution in [2.75, 3.05) is 13.2 Å². The van der Waals surface area contributed by atoms with Crippen LogP contribution in [0.3, 0.4) is 0 Å². The van der Waals surface area contributed by atoms with Gasteiger partial charge in [-0.25, -0.2) is 4.79 Å². The van der Waals surface area contributed by atoms with Gasteiger partial charge in [-0.15, -0.1) is 0 Å². The van der Waals surface area contributed by atoms with Crippen LogP contribution in [0.15, 0.2) is 6.20 Å². The van der Waals surface area contributed by atoms with Crippen molar-refractivity contribution in [3.8, 4) is 0 Å². The zero-order valence-electron chi connectivity index (χ0n) is 11.0. The number of amides is 1. The highest BCUT2D eigenvalue weighted by Crippen LogP contribution is 2.22. The Balaban J connectivity index is 2.20. The number of carboxylic acid groups (broad SMARTS) is 1. The third-order valence-electron chi connectivity index (χ3n) is 3.37. The van der Waals surface area contributed by atoms with Crippen molar-refractivity contribution in [2.24, 2.45) is 7.05 Å². The Morgan fingerprint density at radius 3 is 2.58 bits per heavy atom. The van der Waals surface area contributed by atoms with Crippen LogP contribution in [-0.4, -0.2) is 45.5 Å². The lowest BCUT2D eigenvalue weighted by atomic mass is 9.89. The highest BCUT2D eigenvalue weighted by atomic mass is 16.5. The van der Waals surface area contributed by atoms with Gasteiger partial charge in [-0.2, -0.15) is 5.10 Å². The predicted octanol–water partition coefficient (Wildman–Crippen LogP) is 0.0921. The van der Waals surface area contributed by atoms with E-state index in [2.05, 4.69) is 10.4 Å². The van der Waals surface area contributed by atoms with E-state index in [1.165, 1.54) is 4.68 Å². The fraction of sp³-hybridized carbons (Fsp3) is 0.583. The molecular formula is C12H17N3O4. The number of carbonyl (C=O) groups excluding carboxylic acids is 1. The van der Waals surface area contributed by atoms with Gasteiger partial charge >= 0.3 is 5.97 Å². The number of nitrogens with one attached hydrogen (secondary N) is 1. The molecule has 19 heavy (non-hydrogen) atoms. The van der Waals surface area contributed by atoms with E-state index >= 15 is 0 Å². The number of aromatic nitrogens is 2. The van der Waals surface area contributed by atoms with Gasteiger partial charge in [0.25, 0.3) is 5.91 Å². The van der Waals surface area contributed by atoms with Crippen LogP contribution in [0.5, 0.6) is 0 Å². The van der Waals surface area contributed by atoms with E-state index < -0.39 is 17.4 Å². The average molecular weight is 267 g/mol. The van der Waals surface area contributed by atoms with Crippen LogP contribution in [0, 0.1) is 6.92 Å². The molecule has 7 nitrogen and oxygen atoms in total. The van der Waals surface area contributed by atoms with Crippen molar-refractivity contribution in [2.45, 2.75) is 25.3 Å². The van der Waals surface area contributed by atoms with Crippen molar-refractivity contribution >= 4 is 11.9 Å². The molecule has 0 saturated carbocycles. The Morgan fingerprint density at radius 2 is 2.11 bits per heavy atom. The maximum absolute atomic E-state index is 12.2. The SMILES string of the molecule is Cc1nn(C)cc1C(=O)NC1(C(=O)O)CCOCC1. The summed E-state index contributed by atoms with van der Waals surface area (Å²) in [5.41, 5.74) is -0.264. The Labute approximate surface area is 110 Å². The van der Waals surface area contributed by atoms with Crippen molar-refractivity contribution < 1.29 is 19.4 Å². The number of carboxylic acids is 1. The highest BCUT2D eigenvalue weighted by molar-refractivity contribution is 5.98. The Hall–Kier alpha value is -1.89. The smallest absolute Gasteiger partial charge is 0.329 e. The number of carbonyl (C=O) groups is 2. The van der Waals surface area contributed by atoms with Crippen LogP contribution in [0.1, 0.15) is 28.9 Å². The first-order valence-electron chi connectivity index (χ1n) is 6.08. The molecule has 104 valence electrons. The summed E-state index contributed by atoms with van der Waals surface area (Å²) in [6, 6.07) is 0. The summed E-state index contributed by atoms with van der Waals surface area (Å²) in [5.74, 6) is -1.43. The summed E-state index contributed by atoms with van der Waals surface area (Å²) < 4.78 is 6.69. The number of hydrogen-bond donors (Lipinski definition) is 2. The van der Waals surface area contributed by atoms with Gasteiger partial charge in [0.05, 0.1) is 11.3 Å². The molecule has 2 N–H and O–H groups in total. The quantitative estimate of drug-likeness (QED) is 0.809. The Kier molecular flexibility index (Phi) is 3.57. The molecule has 0 unspecified atom stereocenters. The predicted molar refractivity (Wildman–Crippen MR) is 65.8 cm³/mol. The topological polar surface area (TPSA) is 93.5 Å². The maximum Gasteiger partial charge on any atom is 0.329 e. The number of aliphatic carboxylic acids is 1. The molecule has 1 aromatic heterocycles. The van der Waals surface area contributed by atoms with E-state index in [0.717, 1.165) is 0 Å². The molecule has 0 bridgehead atoms. The number of aryl methyl sites for hydroxylation is 2. The van der Waals surface area contributed by atoms with E-state index in [4.69, 9.17) is 4.74 Å². The van der Waals surface area contributed by atoms with Gasteiger partial charge in [-0.1, -0.05) is 0 Å². The summed E-state index contributed by atoms with van der Waals surface area (Å²) in [7, 11) is 1.71. The van der Waals surface area contributed by atoms with Gasteiger partial charge < -0.3 is 15.2 Å². The molecule has 0 atom stereocenters. The summed E-state index contributed by atoms with van der Waals surface area (Å²) >= 11 is 0. The summed E-state index contributed by atoms with van der Waals surface area (Å²) in [4.78, 5) is 23.6.